The van der Waals surface area contributed by atoms with Gasteiger partial charge in [-0.2, -0.15) is 0 Å². The zero-order chi connectivity index (χ0) is 14.5. The summed E-state index contributed by atoms with van der Waals surface area (Å²) in [6.07, 6.45) is 1.67. The Hall–Kier alpha value is -2.64. The minimum atomic E-state index is -1.10. The number of aromatic carboxylic acids is 1. The van der Waals surface area contributed by atoms with Gasteiger partial charge in [-0.25, -0.2) is 14.6 Å². The average molecular weight is 278 g/mol. The van der Waals surface area contributed by atoms with E-state index in [2.05, 4.69) is 20.9 Å². The van der Waals surface area contributed by atoms with Gasteiger partial charge in [0.2, 0.25) is 5.91 Å². The number of pyridine rings is 1. The number of aromatic nitrogens is 1. The zero-order valence-corrected chi connectivity index (χ0v) is 10.5. The van der Waals surface area contributed by atoms with E-state index in [0.717, 1.165) is 0 Å². The summed E-state index contributed by atoms with van der Waals surface area (Å²) in [5.41, 5.74) is 0.638. The molecule has 2 rings (SSSR count). The summed E-state index contributed by atoms with van der Waals surface area (Å²) in [6.45, 7) is 0.661. The predicted molar refractivity (Wildman–Crippen MR) is 68.0 cm³/mol. The second kappa shape index (κ2) is 6.00. The van der Waals surface area contributed by atoms with Crippen molar-refractivity contribution >= 4 is 17.9 Å². The largest absolute Gasteiger partial charge is 0.477 e. The van der Waals surface area contributed by atoms with Gasteiger partial charge in [0, 0.05) is 25.7 Å². The third-order valence-corrected chi connectivity index (χ3v) is 2.81. The molecular weight excluding hydrogens is 264 g/mol. The summed E-state index contributed by atoms with van der Waals surface area (Å²) in [7, 11) is 0. The van der Waals surface area contributed by atoms with Gasteiger partial charge in [-0.1, -0.05) is 6.07 Å². The summed E-state index contributed by atoms with van der Waals surface area (Å²) in [6, 6.07) is 2.37. The summed E-state index contributed by atoms with van der Waals surface area (Å²) in [4.78, 5) is 36.9. The molecule has 1 aromatic heterocycles. The Kier molecular flexibility index (Phi) is 4.14. The monoisotopic (exact) mass is 278 g/mol. The van der Waals surface area contributed by atoms with Crippen molar-refractivity contribution in [2.24, 2.45) is 0 Å². The van der Waals surface area contributed by atoms with Crippen LogP contribution in [0.4, 0.5) is 4.79 Å². The quantitative estimate of drug-likeness (QED) is 0.590. The normalized spacial score (nSPS) is 17.4. The number of urea groups is 1. The number of nitrogens with one attached hydrogen (secondary N) is 3. The van der Waals surface area contributed by atoms with E-state index in [-0.39, 0.29) is 36.6 Å². The summed E-state index contributed by atoms with van der Waals surface area (Å²) in [5, 5.41) is 16.6. The first kappa shape index (κ1) is 13.8. The lowest BCUT2D eigenvalue weighted by molar-refractivity contribution is -0.119. The van der Waals surface area contributed by atoms with E-state index in [9.17, 15) is 14.4 Å². The van der Waals surface area contributed by atoms with Crippen molar-refractivity contribution in [2.45, 2.75) is 19.0 Å². The van der Waals surface area contributed by atoms with Gasteiger partial charge in [-0.05, 0) is 11.6 Å². The average Bonchev–Trinajstić information content (AvgIpc) is 2.82. The van der Waals surface area contributed by atoms with Crippen molar-refractivity contribution in [3.05, 3.63) is 29.6 Å². The molecule has 1 saturated heterocycles. The Bertz CT molecular complexity index is 529. The fourth-order valence-corrected chi connectivity index (χ4v) is 1.78. The molecule has 0 radical (unpaired) electrons. The van der Waals surface area contributed by atoms with Crippen LogP contribution in [0.3, 0.4) is 0 Å². The number of hydrogen-bond acceptors (Lipinski definition) is 4. The second-order valence-electron chi connectivity index (χ2n) is 4.39. The Labute approximate surface area is 114 Å². The van der Waals surface area contributed by atoms with Gasteiger partial charge in [0.25, 0.3) is 0 Å². The molecule has 0 spiro atoms. The summed E-state index contributed by atoms with van der Waals surface area (Å²) in [5.74, 6) is -1.18. The molecular formula is C12H14N4O4. The van der Waals surface area contributed by atoms with Crippen LogP contribution in [-0.2, 0) is 11.3 Å². The number of carboxylic acid groups (broad SMARTS) is 1. The molecule has 1 unspecified atom stereocenters. The highest BCUT2D eigenvalue weighted by atomic mass is 16.4. The van der Waals surface area contributed by atoms with Gasteiger partial charge in [0.1, 0.15) is 5.69 Å². The molecule has 1 fully saturated rings. The van der Waals surface area contributed by atoms with Crippen LogP contribution < -0.4 is 16.0 Å². The van der Waals surface area contributed by atoms with Crippen molar-refractivity contribution in [3.63, 3.8) is 0 Å². The molecule has 4 N–H and O–H groups in total. The van der Waals surface area contributed by atoms with E-state index in [4.69, 9.17) is 5.11 Å². The third kappa shape index (κ3) is 3.67. The van der Waals surface area contributed by atoms with Gasteiger partial charge in [0.05, 0.1) is 6.04 Å². The lowest BCUT2D eigenvalue weighted by Gasteiger charge is -2.11. The van der Waals surface area contributed by atoms with E-state index in [0.29, 0.717) is 12.1 Å². The maximum Gasteiger partial charge on any atom is 0.354 e. The van der Waals surface area contributed by atoms with Crippen molar-refractivity contribution in [1.82, 2.24) is 20.9 Å². The molecule has 0 aromatic carbocycles. The van der Waals surface area contributed by atoms with Gasteiger partial charge in [-0.3, -0.25) is 4.79 Å². The fraction of sp³-hybridized carbons (Fsp3) is 0.333. The van der Waals surface area contributed by atoms with E-state index in [1.165, 1.54) is 12.3 Å². The maximum atomic E-state index is 11.6. The minimum Gasteiger partial charge on any atom is -0.477 e. The smallest absolute Gasteiger partial charge is 0.354 e. The van der Waals surface area contributed by atoms with Crippen molar-refractivity contribution in [2.75, 3.05) is 6.54 Å². The standard InChI is InChI=1S/C12H14N4O4/c17-10-3-8(6-14-10)16-12(20)15-5-7-1-2-9(11(18)19)13-4-7/h1-2,4,8H,3,5-6H2,(H,14,17)(H,18,19)(H2,15,16,20). The first-order chi connectivity index (χ1) is 9.54. The highest BCUT2D eigenvalue weighted by Crippen LogP contribution is 2.01. The Morgan fingerprint density at radius 3 is 2.80 bits per heavy atom. The predicted octanol–water partition coefficient (Wildman–Crippen LogP) is -0.532. The molecule has 20 heavy (non-hydrogen) atoms. The first-order valence-electron chi connectivity index (χ1n) is 6.04. The van der Waals surface area contributed by atoms with Gasteiger partial charge >= 0.3 is 12.0 Å². The summed E-state index contributed by atoms with van der Waals surface area (Å²) >= 11 is 0. The highest BCUT2D eigenvalue weighted by Gasteiger charge is 2.22. The Morgan fingerprint density at radius 1 is 1.45 bits per heavy atom. The molecule has 1 atom stereocenters. The first-order valence-corrected chi connectivity index (χ1v) is 6.04. The molecule has 8 nitrogen and oxygen atoms in total. The van der Waals surface area contributed by atoms with Crippen LogP contribution in [0.2, 0.25) is 0 Å². The van der Waals surface area contributed by atoms with E-state index in [1.54, 1.807) is 6.07 Å². The number of carbonyl (C=O) groups is 3. The lowest BCUT2D eigenvalue weighted by Crippen LogP contribution is -2.42. The van der Waals surface area contributed by atoms with Gasteiger partial charge < -0.3 is 21.1 Å². The topological polar surface area (TPSA) is 120 Å². The van der Waals surface area contributed by atoms with Gasteiger partial charge in [-0.15, -0.1) is 0 Å². The number of nitrogens with zero attached hydrogens (tertiary/aromatic N) is 1. The molecule has 1 aliphatic rings. The molecule has 0 bridgehead atoms. The van der Waals surface area contributed by atoms with E-state index >= 15 is 0 Å². The van der Waals surface area contributed by atoms with Gasteiger partial charge in [0.15, 0.2) is 0 Å². The van der Waals surface area contributed by atoms with Crippen LogP contribution in [0.15, 0.2) is 18.3 Å². The maximum absolute atomic E-state index is 11.6. The second-order valence-corrected chi connectivity index (χ2v) is 4.39. The molecule has 1 aliphatic heterocycles. The van der Waals surface area contributed by atoms with E-state index < -0.39 is 5.97 Å². The molecule has 3 amide bonds. The van der Waals surface area contributed by atoms with E-state index in [1.807, 2.05) is 0 Å². The lowest BCUT2D eigenvalue weighted by atomic mass is 10.2. The fourth-order valence-electron chi connectivity index (χ4n) is 1.78. The van der Waals surface area contributed by atoms with Crippen LogP contribution in [0, 0.1) is 0 Å². The van der Waals surface area contributed by atoms with Crippen LogP contribution in [0.5, 0.6) is 0 Å². The molecule has 2 heterocycles. The number of carbonyl (C=O) groups excluding carboxylic acids is 2. The van der Waals surface area contributed by atoms with Crippen molar-refractivity contribution in [3.8, 4) is 0 Å². The highest BCUT2D eigenvalue weighted by molar-refractivity contribution is 5.85. The van der Waals surface area contributed by atoms with Crippen LogP contribution in [-0.4, -0.2) is 40.6 Å². The molecule has 106 valence electrons. The molecule has 0 aliphatic carbocycles. The number of carboxylic acids is 1. The van der Waals surface area contributed by atoms with Crippen molar-refractivity contribution in [1.29, 1.82) is 0 Å². The molecule has 0 saturated carbocycles. The van der Waals surface area contributed by atoms with Crippen LogP contribution >= 0.6 is 0 Å². The number of rotatable bonds is 4. The van der Waals surface area contributed by atoms with Crippen LogP contribution in [0.25, 0.3) is 0 Å². The molecule has 1 aromatic rings. The number of amides is 3. The third-order valence-electron chi connectivity index (χ3n) is 2.81. The van der Waals surface area contributed by atoms with Crippen molar-refractivity contribution < 1.29 is 19.5 Å². The Morgan fingerprint density at radius 2 is 2.25 bits per heavy atom. The van der Waals surface area contributed by atoms with Crippen LogP contribution in [0.1, 0.15) is 22.5 Å². The zero-order valence-electron chi connectivity index (χ0n) is 10.5. The SMILES string of the molecule is O=C1CC(NC(=O)NCc2ccc(C(=O)O)nc2)CN1. The minimum absolute atomic E-state index is 0.0475. The number of hydrogen-bond donors (Lipinski definition) is 4. The Balaban J connectivity index is 1.78. The summed E-state index contributed by atoms with van der Waals surface area (Å²) < 4.78 is 0. The molecule has 8 heteroatoms.